The lowest BCUT2D eigenvalue weighted by Gasteiger charge is -2.34. The largest absolute Gasteiger partial charge is 0.354 e. The Kier molecular flexibility index (Phi) is 6.15. The summed E-state index contributed by atoms with van der Waals surface area (Å²) in [5, 5.41) is 7.65. The third kappa shape index (κ3) is 5.30. The predicted octanol–water partition coefficient (Wildman–Crippen LogP) is 2.49. The van der Waals surface area contributed by atoms with Crippen molar-refractivity contribution in [2.75, 3.05) is 26.2 Å². The van der Waals surface area contributed by atoms with Gasteiger partial charge < -0.3 is 10.2 Å². The number of carbonyl (C=O) groups excluding carboxylic acids is 1. The van der Waals surface area contributed by atoms with Crippen LogP contribution >= 0.6 is 0 Å². The number of rotatable bonds is 6. The van der Waals surface area contributed by atoms with Gasteiger partial charge in [0.1, 0.15) is 6.54 Å². The first-order chi connectivity index (χ1) is 12.0. The average Bonchev–Trinajstić information content (AvgIpc) is 2.92. The number of piperidine rings is 1. The van der Waals surface area contributed by atoms with Crippen LogP contribution in [0.5, 0.6) is 0 Å². The van der Waals surface area contributed by atoms with Crippen molar-refractivity contribution in [2.24, 2.45) is 17.8 Å². The van der Waals surface area contributed by atoms with Crippen LogP contribution in [0.25, 0.3) is 0 Å². The van der Waals surface area contributed by atoms with Gasteiger partial charge in [0, 0.05) is 25.8 Å². The van der Waals surface area contributed by atoms with Crippen LogP contribution in [0.4, 0.5) is 0 Å². The lowest BCUT2D eigenvalue weighted by molar-refractivity contribution is -0.121. The number of hydrogen-bond acceptors (Lipinski definition) is 3. The Bertz CT molecular complexity index is 572. The van der Waals surface area contributed by atoms with Gasteiger partial charge in [-0.2, -0.15) is 5.10 Å². The van der Waals surface area contributed by atoms with Crippen molar-refractivity contribution in [3.63, 3.8) is 0 Å². The molecule has 3 atom stereocenters. The van der Waals surface area contributed by atoms with Crippen molar-refractivity contribution in [3.8, 4) is 0 Å². The van der Waals surface area contributed by atoms with E-state index in [0.29, 0.717) is 6.54 Å². The number of aromatic nitrogens is 2. The van der Waals surface area contributed by atoms with Crippen LogP contribution in [-0.4, -0.2) is 46.8 Å². The van der Waals surface area contributed by atoms with E-state index in [1.807, 2.05) is 4.68 Å². The van der Waals surface area contributed by atoms with Gasteiger partial charge in [0.25, 0.3) is 0 Å². The van der Waals surface area contributed by atoms with E-state index in [4.69, 9.17) is 0 Å². The molecule has 0 saturated carbocycles. The Balaban J connectivity index is 1.36. The molecule has 140 valence electrons. The fraction of sp³-hybridized carbons (Fsp3) is 0.800. The normalized spacial score (nSPS) is 27.1. The second-order valence-electron chi connectivity index (χ2n) is 8.56. The SMILES string of the molecule is CC1CCc2nn(CC(=O)NCCCN3CC(C)CC(C)C3)cc2C1. The minimum absolute atomic E-state index is 0.0771. The quantitative estimate of drug-likeness (QED) is 0.805. The fourth-order valence-electron chi connectivity index (χ4n) is 4.53. The summed E-state index contributed by atoms with van der Waals surface area (Å²) in [5.41, 5.74) is 2.53. The second kappa shape index (κ2) is 8.35. The zero-order valence-electron chi connectivity index (χ0n) is 16.1. The molecule has 1 aliphatic heterocycles. The second-order valence-corrected chi connectivity index (χ2v) is 8.56. The van der Waals surface area contributed by atoms with Crippen molar-refractivity contribution in [3.05, 3.63) is 17.5 Å². The summed E-state index contributed by atoms with van der Waals surface area (Å²) >= 11 is 0. The van der Waals surface area contributed by atoms with Gasteiger partial charge in [-0.05, 0) is 62.0 Å². The first-order valence-electron chi connectivity index (χ1n) is 10.0. The highest BCUT2D eigenvalue weighted by Gasteiger charge is 2.21. The molecule has 1 aromatic heterocycles. The molecule has 1 N–H and O–H groups in total. The van der Waals surface area contributed by atoms with Crippen LogP contribution in [0.15, 0.2) is 6.20 Å². The van der Waals surface area contributed by atoms with E-state index in [2.05, 4.69) is 42.3 Å². The third-order valence-corrected chi connectivity index (χ3v) is 5.59. The summed E-state index contributed by atoms with van der Waals surface area (Å²) in [7, 11) is 0. The van der Waals surface area contributed by atoms with E-state index in [1.54, 1.807) is 0 Å². The van der Waals surface area contributed by atoms with Crippen LogP contribution in [0.2, 0.25) is 0 Å². The Morgan fingerprint density at radius 3 is 2.76 bits per heavy atom. The molecular weight excluding hydrogens is 312 g/mol. The molecule has 5 heteroatoms. The molecule has 0 bridgehead atoms. The summed E-state index contributed by atoms with van der Waals surface area (Å²) in [4.78, 5) is 14.7. The minimum Gasteiger partial charge on any atom is -0.354 e. The first kappa shape index (κ1) is 18.4. The summed E-state index contributed by atoms with van der Waals surface area (Å²) in [6, 6.07) is 0. The van der Waals surface area contributed by atoms with Crippen LogP contribution in [0.1, 0.15) is 51.3 Å². The third-order valence-electron chi connectivity index (χ3n) is 5.59. The van der Waals surface area contributed by atoms with Gasteiger partial charge in [0.15, 0.2) is 0 Å². The highest BCUT2D eigenvalue weighted by molar-refractivity contribution is 5.75. The maximum atomic E-state index is 12.2. The summed E-state index contributed by atoms with van der Waals surface area (Å²) in [5.74, 6) is 2.41. The summed E-state index contributed by atoms with van der Waals surface area (Å²) < 4.78 is 1.83. The molecule has 3 rings (SSSR count). The molecule has 1 fully saturated rings. The standard InChI is InChI=1S/C20H34N4O/c1-15-5-6-19-18(10-15)13-24(22-19)14-20(25)21-7-4-8-23-11-16(2)9-17(3)12-23/h13,15-17H,4-12,14H2,1-3H3,(H,21,25). The predicted molar refractivity (Wildman–Crippen MR) is 100 cm³/mol. The molecular formula is C20H34N4O. The number of aryl methyl sites for hydroxylation is 1. The molecule has 0 radical (unpaired) electrons. The van der Waals surface area contributed by atoms with Crippen LogP contribution in [-0.2, 0) is 24.2 Å². The van der Waals surface area contributed by atoms with E-state index in [0.717, 1.165) is 50.1 Å². The lowest BCUT2D eigenvalue weighted by atomic mass is 9.89. The van der Waals surface area contributed by atoms with Gasteiger partial charge in [-0.15, -0.1) is 0 Å². The smallest absolute Gasteiger partial charge is 0.241 e. The minimum atomic E-state index is 0.0771. The number of hydrogen-bond donors (Lipinski definition) is 1. The Morgan fingerprint density at radius 1 is 1.24 bits per heavy atom. The van der Waals surface area contributed by atoms with E-state index in [-0.39, 0.29) is 5.91 Å². The van der Waals surface area contributed by atoms with Crippen LogP contribution in [0, 0.1) is 17.8 Å². The van der Waals surface area contributed by atoms with Crippen LogP contribution in [0.3, 0.4) is 0 Å². The maximum absolute atomic E-state index is 12.2. The van der Waals surface area contributed by atoms with Gasteiger partial charge >= 0.3 is 0 Å². The number of nitrogens with one attached hydrogen (secondary N) is 1. The Labute approximate surface area is 152 Å². The number of likely N-dealkylation sites (tertiary alicyclic amines) is 1. The molecule has 5 nitrogen and oxygen atoms in total. The van der Waals surface area contributed by atoms with Crippen molar-refractivity contribution >= 4 is 5.91 Å². The maximum Gasteiger partial charge on any atom is 0.241 e. The molecule has 1 saturated heterocycles. The van der Waals surface area contributed by atoms with Crippen molar-refractivity contribution in [1.29, 1.82) is 0 Å². The van der Waals surface area contributed by atoms with E-state index < -0.39 is 0 Å². The molecule has 2 aliphatic rings. The summed E-state index contributed by atoms with van der Waals surface area (Å²) in [6.45, 7) is 11.6. The van der Waals surface area contributed by atoms with Gasteiger partial charge in [0.2, 0.25) is 5.91 Å². The van der Waals surface area contributed by atoms with Crippen LogP contribution < -0.4 is 5.32 Å². The molecule has 1 amide bonds. The molecule has 25 heavy (non-hydrogen) atoms. The Hall–Kier alpha value is -1.36. The number of carbonyl (C=O) groups is 1. The topological polar surface area (TPSA) is 50.2 Å². The van der Waals surface area contributed by atoms with Gasteiger partial charge in [-0.25, -0.2) is 0 Å². The van der Waals surface area contributed by atoms with E-state index >= 15 is 0 Å². The highest BCUT2D eigenvalue weighted by atomic mass is 16.2. The monoisotopic (exact) mass is 346 g/mol. The van der Waals surface area contributed by atoms with Gasteiger partial charge in [-0.1, -0.05) is 20.8 Å². The number of fused-ring (bicyclic) bond motifs is 1. The summed E-state index contributed by atoms with van der Waals surface area (Å²) in [6.07, 6.45) is 7.81. The first-order valence-corrected chi connectivity index (χ1v) is 10.0. The molecule has 2 heterocycles. The highest BCUT2D eigenvalue weighted by Crippen LogP contribution is 2.24. The molecule has 0 aromatic carbocycles. The lowest BCUT2D eigenvalue weighted by Crippen LogP contribution is -2.40. The Morgan fingerprint density at radius 2 is 2.00 bits per heavy atom. The number of amides is 1. The van der Waals surface area contributed by atoms with E-state index in [1.165, 1.54) is 37.2 Å². The average molecular weight is 347 g/mol. The molecule has 0 spiro atoms. The van der Waals surface area contributed by atoms with E-state index in [9.17, 15) is 4.79 Å². The number of nitrogens with zero attached hydrogens (tertiary/aromatic N) is 3. The molecule has 1 aliphatic carbocycles. The van der Waals surface area contributed by atoms with Gasteiger partial charge in [-0.3, -0.25) is 9.48 Å². The zero-order valence-corrected chi connectivity index (χ0v) is 16.1. The van der Waals surface area contributed by atoms with Crippen molar-refractivity contribution in [2.45, 2.75) is 59.4 Å². The molecule has 3 unspecified atom stereocenters. The van der Waals surface area contributed by atoms with Crippen molar-refractivity contribution < 1.29 is 4.79 Å². The van der Waals surface area contributed by atoms with Gasteiger partial charge in [0.05, 0.1) is 5.69 Å². The molecule has 1 aromatic rings. The van der Waals surface area contributed by atoms with Crippen molar-refractivity contribution in [1.82, 2.24) is 20.0 Å². The fourth-order valence-corrected chi connectivity index (χ4v) is 4.53. The zero-order chi connectivity index (χ0) is 17.8.